The molecule has 1 saturated carbocycles. The zero-order valence-electron chi connectivity index (χ0n) is 7.74. The molecule has 0 heterocycles. The van der Waals surface area contributed by atoms with Crippen LogP contribution in [0.25, 0.3) is 0 Å². The van der Waals surface area contributed by atoms with Crippen LogP contribution in [0.3, 0.4) is 0 Å². The molecule has 2 N–H and O–H groups in total. The van der Waals surface area contributed by atoms with E-state index < -0.39 is 29.3 Å². The molecule has 0 aromatic heterocycles. The van der Waals surface area contributed by atoms with E-state index in [1.165, 1.54) is 0 Å². The van der Waals surface area contributed by atoms with E-state index in [0.29, 0.717) is 6.07 Å². The average molecular weight is 219 g/mol. The topological polar surface area (TPSA) is 26.0 Å². The van der Waals surface area contributed by atoms with Gasteiger partial charge in [0.05, 0.1) is 0 Å². The van der Waals surface area contributed by atoms with Crippen molar-refractivity contribution < 1.29 is 17.6 Å². The lowest BCUT2D eigenvalue weighted by atomic mass is 10.0. The molecule has 0 amide bonds. The van der Waals surface area contributed by atoms with Crippen molar-refractivity contribution in [3.8, 4) is 0 Å². The van der Waals surface area contributed by atoms with Crippen molar-refractivity contribution in [1.29, 1.82) is 0 Å². The standard InChI is InChI=1S/C10H9F4N/c11-6-3-5(10(15)4-1-2-4)7(12)9(14)8(6)13/h3-4,10H,1-2,15H2. The summed E-state index contributed by atoms with van der Waals surface area (Å²) < 4.78 is 51.5. The summed E-state index contributed by atoms with van der Waals surface area (Å²) >= 11 is 0. The molecular formula is C10H9F4N. The summed E-state index contributed by atoms with van der Waals surface area (Å²) in [6.07, 6.45) is 1.61. The van der Waals surface area contributed by atoms with Crippen LogP contribution in [0.4, 0.5) is 17.6 Å². The van der Waals surface area contributed by atoms with Crippen molar-refractivity contribution in [3.63, 3.8) is 0 Å². The molecule has 5 heteroatoms. The maximum Gasteiger partial charge on any atom is 0.197 e. The number of halogens is 4. The summed E-state index contributed by atoms with van der Waals surface area (Å²) in [6, 6.07) is -0.119. The minimum Gasteiger partial charge on any atom is -0.324 e. The van der Waals surface area contributed by atoms with E-state index in [1.54, 1.807) is 0 Å². The zero-order valence-corrected chi connectivity index (χ0v) is 7.74. The highest BCUT2D eigenvalue weighted by Crippen LogP contribution is 2.40. The van der Waals surface area contributed by atoms with Crippen molar-refractivity contribution in [2.75, 3.05) is 0 Å². The molecule has 1 unspecified atom stereocenters. The molecule has 1 aliphatic rings. The molecule has 1 aromatic carbocycles. The van der Waals surface area contributed by atoms with Crippen LogP contribution in [0.1, 0.15) is 24.4 Å². The normalized spacial score (nSPS) is 17.9. The molecule has 0 aliphatic heterocycles. The Morgan fingerprint density at radius 3 is 2.20 bits per heavy atom. The third-order valence-electron chi connectivity index (χ3n) is 2.62. The molecule has 1 fully saturated rings. The van der Waals surface area contributed by atoms with E-state index in [-0.39, 0.29) is 11.5 Å². The molecule has 2 rings (SSSR count). The van der Waals surface area contributed by atoms with Crippen molar-refractivity contribution >= 4 is 0 Å². The van der Waals surface area contributed by atoms with Crippen molar-refractivity contribution in [2.45, 2.75) is 18.9 Å². The van der Waals surface area contributed by atoms with Crippen molar-refractivity contribution in [2.24, 2.45) is 11.7 Å². The van der Waals surface area contributed by atoms with Crippen LogP contribution in [0.2, 0.25) is 0 Å². The second-order valence-electron chi connectivity index (χ2n) is 3.75. The van der Waals surface area contributed by atoms with E-state index >= 15 is 0 Å². The number of nitrogens with two attached hydrogens (primary N) is 1. The highest BCUT2D eigenvalue weighted by Gasteiger charge is 2.33. The minimum atomic E-state index is -1.79. The molecule has 82 valence electrons. The molecule has 1 aromatic rings. The van der Waals surface area contributed by atoms with Gasteiger partial charge in [-0.1, -0.05) is 0 Å². The van der Waals surface area contributed by atoms with Crippen LogP contribution in [-0.2, 0) is 0 Å². The Kier molecular flexibility index (Phi) is 2.42. The summed E-state index contributed by atoms with van der Waals surface area (Å²) in [5.41, 5.74) is 5.31. The van der Waals surface area contributed by atoms with Gasteiger partial charge in [-0.15, -0.1) is 0 Å². The third kappa shape index (κ3) is 1.71. The van der Waals surface area contributed by atoms with Crippen LogP contribution in [0.15, 0.2) is 6.07 Å². The van der Waals surface area contributed by atoms with Crippen LogP contribution in [0.5, 0.6) is 0 Å². The fourth-order valence-corrected chi connectivity index (χ4v) is 1.54. The maximum atomic E-state index is 13.2. The first-order valence-electron chi connectivity index (χ1n) is 4.61. The van der Waals surface area contributed by atoms with E-state index in [1.807, 2.05) is 0 Å². The van der Waals surface area contributed by atoms with Crippen molar-refractivity contribution in [3.05, 3.63) is 34.9 Å². The van der Waals surface area contributed by atoms with Crippen LogP contribution in [-0.4, -0.2) is 0 Å². The molecule has 0 bridgehead atoms. The van der Waals surface area contributed by atoms with Crippen molar-refractivity contribution in [1.82, 2.24) is 0 Å². The van der Waals surface area contributed by atoms with Crippen LogP contribution in [0, 0.1) is 29.2 Å². The van der Waals surface area contributed by atoms with Crippen LogP contribution >= 0.6 is 0 Å². The van der Waals surface area contributed by atoms with Gasteiger partial charge in [-0.2, -0.15) is 0 Å². The van der Waals surface area contributed by atoms with Crippen LogP contribution < -0.4 is 5.73 Å². The quantitative estimate of drug-likeness (QED) is 0.462. The first-order chi connectivity index (χ1) is 7.02. The van der Waals surface area contributed by atoms with E-state index in [2.05, 4.69) is 0 Å². The lowest BCUT2D eigenvalue weighted by Crippen LogP contribution is -2.16. The largest absolute Gasteiger partial charge is 0.324 e. The third-order valence-corrected chi connectivity index (χ3v) is 2.62. The molecule has 0 saturated heterocycles. The van der Waals surface area contributed by atoms with Gasteiger partial charge >= 0.3 is 0 Å². The van der Waals surface area contributed by atoms with Gasteiger partial charge < -0.3 is 5.73 Å². The minimum absolute atomic E-state index is 0.0451. The molecule has 15 heavy (non-hydrogen) atoms. The summed E-state index contributed by atoms with van der Waals surface area (Å²) in [5, 5.41) is 0. The van der Waals surface area contributed by atoms with Gasteiger partial charge in [0.1, 0.15) is 0 Å². The summed E-state index contributed by atoms with van der Waals surface area (Å²) in [6.45, 7) is 0. The Hall–Kier alpha value is -1.10. The Bertz CT molecular complexity index is 401. The first-order valence-corrected chi connectivity index (χ1v) is 4.61. The van der Waals surface area contributed by atoms with Gasteiger partial charge in [0, 0.05) is 11.6 Å². The molecule has 0 radical (unpaired) electrons. The lowest BCUT2D eigenvalue weighted by Gasteiger charge is -2.12. The second-order valence-corrected chi connectivity index (χ2v) is 3.75. The second kappa shape index (κ2) is 3.48. The number of benzene rings is 1. The summed E-state index contributed by atoms with van der Waals surface area (Å²) in [7, 11) is 0. The molecule has 1 nitrogen and oxygen atoms in total. The molecular weight excluding hydrogens is 210 g/mol. The zero-order chi connectivity index (χ0) is 11.2. The van der Waals surface area contributed by atoms with Gasteiger partial charge in [0.15, 0.2) is 23.3 Å². The van der Waals surface area contributed by atoms with E-state index in [4.69, 9.17) is 5.73 Å². The van der Waals surface area contributed by atoms with Gasteiger partial charge in [-0.05, 0) is 24.8 Å². The van der Waals surface area contributed by atoms with Gasteiger partial charge in [-0.25, -0.2) is 17.6 Å². The fourth-order valence-electron chi connectivity index (χ4n) is 1.54. The Labute approximate surface area is 83.9 Å². The Morgan fingerprint density at radius 2 is 1.67 bits per heavy atom. The Balaban J connectivity index is 2.46. The maximum absolute atomic E-state index is 13.2. The predicted octanol–water partition coefficient (Wildman–Crippen LogP) is 2.65. The van der Waals surface area contributed by atoms with Gasteiger partial charge in [0.2, 0.25) is 0 Å². The predicted molar refractivity (Wildman–Crippen MR) is 45.9 cm³/mol. The van der Waals surface area contributed by atoms with E-state index in [0.717, 1.165) is 12.8 Å². The lowest BCUT2D eigenvalue weighted by molar-refractivity contribution is 0.397. The smallest absolute Gasteiger partial charge is 0.197 e. The monoisotopic (exact) mass is 219 g/mol. The average Bonchev–Trinajstić information content (AvgIpc) is 3.03. The summed E-state index contributed by atoms with van der Waals surface area (Å²) in [4.78, 5) is 0. The number of rotatable bonds is 2. The fraction of sp³-hybridized carbons (Fsp3) is 0.400. The Morgan fingerprint density at radius 1 is 1.07 bits per heavy atom. The van der Waals surface area contributed by atoms with Gasteiger partial charge in [-0.3, -0.25) is 0 Å². The first kappa shape index (κ1) is 10.4. The summed E-state index contributed by atoms with van der Waals surface area (Å²) in [5.74, 6) is -6.32. The molecule has 0 spiro atoms. The van der Waals surface area contributed by atoms with Gasteiger partial charge in [0.25, 0.3) is 0 Å². The van der Waals surface area contributed by atoms with E-state index in [9.17, 15) is 17.6 Å². The highest BCUT2D eigenvalue weighted by atomic mass is 19.2. The molecule has 1 aliphatic carbocycles. The number of hydrogen-bond donors (Lipinski definition) is 1. The highest BCUT2D eigenvalue weighted by molar-refractivity contribution is 5.26. The SMILES string of the molecule is NC(c1cc(F)c(F)c(F)c1F)C1CC1. The molecule has 1 atom stereocenters. The number of hydrogen-bond acceptors (Lipinski definition) is 1.